The third kappa shape index (κ3) is 5.37. The summed E-state index contributed by atoms with van der Waals surface area (Å²) >= 11 is 0. The monoisotopic (exact) mass is 500 g/mol. The number of rotatable bonds is 6. The molecular formula is C24H19F3N4O5. The maximum Gasteiger partial charge on any atom is 0.418 e. The molecule has 4 rings (SSSR count). The number of ether oxygens (including phenoxy) is 2. The molecule has 0 radical (unpaired) electrons. The average molecular weight is 500 g/mol. The number of benzene rings is 2. The highest BCUT2D eigenvalue weighted by atomic mass is 19.4. The van der Waals surface area contributed by atoms with Crippen molar-refractivity contribution in [3.05, 3.63) is 88.2 Å². The number of imidazole rings is 1. The first-order chi connectivity index (χ1) is 17.2. The number of esters is 1. The molecule has 9 nitrogen and oxygen atoms in total. The van der Waals surface area contributed by atoms with E-state index in [0.29, 0.717) is 5.69 Å². The molecular weight excluding hydrogens is 481 g/mol. The van der Waals surface area contributed by atoms with Gasteiger partial charge in [0.1, 0.15) is 12.2 Å². The fourth-order valence-corrected chi connectivity index (χ4v) is 3.43. The van der Waals surface area contributed by atoms with Crippen LogP contribution in [0, 0.1) is 0 Å². The number of alkyl halides is 3. The number of aromatic nitrogens is 3. The zero-order valence-electron chi connectivity index (χ0n) is 18.8. The second-order valence-electron chi connectivity index (χ2n) is 7.53. The van der Waals surface area contributed by atoms with Crippen LogP contribution in [-0.4, -0.2) is 33.2 Å². The van der Waals surface area contributed by atoms with Gasteiger partial charge in [-0.25, -0.2) is 14.6 Å². The van der Waals surface area contributed by atoms with Crippen molar-refractivity contribution < 1.29 is 32.2 Å². The van der Waals surface area contributed by atoms with Crippen LogP contribution in [0.3, 0.4) is 0 Å². The number of H-pyrrole nitrogens is 1. The second kappa shape index (κ2) is 9.94. The summed E-state index contributed by atoms with van der Waals surface area (Å²) in [5.41, 5.74) is -1.94. The molecule has 186 valence electrons. The number of carbonyl (C=O) groups excluding carboxylic acids is 2. The number of halogens is 3. The second-order valence-corrected chi connectivity index (χ2v) is 7.53. The minimum absolute atomic E-state index is 0.0256. The lowest BCUT2D eigenvalue weighted by molar-refractivity contribution is -0.137. The Morgan fingerprint density at radius 2 is 1.86 bits per heavy atom. The number of fused-ring (bicyclic) bond motifs is 1. The highest BCUT2D eigenvalue weighted by Gasteiger charge is 2.35. The van der Waals surface area contributed by atoms with Gasteiger partial charge >= 0.3 is 18.2 Å². The van der Waals surface area contributed by atoms with E-state index < -0.39 is 29.4 Å². The molecule has 0 saturated carbocycles. The summed E-state index contributed by atoms with van der Waals surface area (Å²) in [6.07, 6.45) is -3.10. The molecule has 2 N–H and O–H groups in total. The van der Waals surface area contributed by atoms with Crippen molar-refractivity contribution in [2.24, 2.45) is 0 Å². The highest BCUT2D eigenvalue weighted by molar-refractivity contribution is 5.94. The van der Waals surface area contributed by atoms with E-state index in [1.54, 1.807) is 37.3 Å². The third-order valence-corrected chi connectivity index (χ3v) is 5.05. The molecule has 2 heterocycles. The van der Waals surface area contributed by atoms with Crippen LogP contribution in [0.4, 0.5) is 23.7 Å². The van der Waals surface area contributed by atoms with E-state index in [2.05, 4.69) is 15.3 Å². The van der Waals surface area contributed by atoms with E-state index in [9.17, 15) is 27.6 Å². The van der Waals surface area contributed by atoms with Gasteiger partial charge in [-0.3, -0.25) is 10.1 Å². The van der Waals surface area contributed by atoms with Crippen molar-refractivity contribution in [1.29, 1.82) is 0 Å². The zero-order valence-corrected chi connectivity index (χ0v) is 18.8. The number of aromatic amines is 1. The van der Waals surface area contributed by atoms with Crippen molar-refractivity contribution in [3.8, 4) is 5.69 Å². The van der Waals surface area contributed by atoms with Crippen molar-refractivity contribution in [1.82, 2.24) is 14.5 Å². The topological polar surface area (TPSA) is 115 Å². The normalized spacial score (nSPS) is 11.3. The summed E-state index contributed by atoms with van der Waals surface area (Å²) in [4.78, 5) is 42.6. The van der Waals surface area contributed by atoms with Gasteiger partial charge in [0.2, 0.25) is 0 Å². The molecule has 0 bridgehead atoms. The highest BCUT2D eigenvalue weighted by Crippen LogP contribution is 2.36. The average Bonchev–Trinajstić information content (AvgIpc) is 3.31. The molecule has 2 aromatic carbocycles. The molecule has 0 aliphatic rings. The maximum absolute atomic E-state index is 13.9. The molecule has 2 aromatic heterocycles. The number of para-hydroxylation sites is 1. The summed E-state index contributed by atoms with van der Waals surface area (Å²) in [5, 5.41) is 2.69. The number of nitrogens with one attached hydrogen (secondary N) is 2. The molecule has 0 fully saturated rings. The molecule has 1 amide bonds. The molecule has 4 aromatic rings. The largest absolute Gasteiger partial charge is 0.462 e. The van der Waals surface area contributed by atoms with Gasteiger partial charge in [-0.1, -0.05) is 18.2 Å². The van der Waals surface area contributed by atoms with Gasteiger partial charge in [-0.05, 0) is 37.3 Å². The lowest BCUT2D eigenvalue weighted by Gasteiger charge is -2.15. The molecule has 0 unspecified atom stereocenters. The van der Waals surface area contributed by atoms with Crippen LogP contribution in [0.2, 0.25) is 0 Å². The van der Waals surface area contributed by atoms with Gasteiger partial charge in [0.15, 0.2) is 0 Å². The summed E-state index contributed by atoms with van der Waals surface area (Å²) < 4.78 is 52.6. The van der Waals surface area contributed by atoms with E-state index in [4.69, 9.17) is 9.47 Å². The SMILES string of the molecule is CCOC(=O)c1cc2cc(-n3cnc(COC(=O)Nc4ccccc4)c3)c(C(F)(F)F)cc2[nH]c1=O. The molecule has 12 heteroatoms. The van der Waals surface area contributed by atoms with Gasteiger partial charge in [0.05, 0.1) is 29.9 Å². The first kappa shape index (κ1) is 24.5. The minimum Gasteiger partial charge on any atom is -0.462 e. The van der Waals surface area contributed by atoms with Crippen molar-refractivity contribution in [2.45, 2.75) is 19.7 Å². The lowest BCUT2D eigenvalue weighted by atomic mass is 10.1. The Hall–Kier alpha value is -4.61. The number of pyridine rings is 1. The molecule has 0 aliphatic heterocycles. The van der Waals surface area contributed by atoms with Gasteiger partial charge in [0.25, 0.3) is 5.56 Å². The van der Waals surface area contributed by atoms with E-state index in [1.165, 1.54) is 18.3 Å². The van der Waals surface area contributed by atoms with Crippen LogP contribution < -0.4 is 10.9 Å². The number of anilines is 1. The Labute approximate surface area is 201 Å². The standard InChI is InChI=1S/C24H19F3N4O5/c1-2-35-22(33)17-8-14-9-20(18(24(25,26)27)10-19(14)30-21(17)32)31-11-16(28-13-31)12-36-23(34)29-15-6-4-3-5-7-15/h3-11,13H,2,12H2,1H3,(H,29,34)(H,30,32). The number of amides is 1. The van der Waals surface area contributed by atoms with Crippen LogP contribution in [0.25, 0.3) is 16.6 Å². The molecule has 0 spiro atoms. The van der Waals surface area contributed by atoms with Crippen molar-refractivity contribution >= 4 is 28.7 Å². The zero-order chi connectivity index (χ0) is 25.9. The van der Waals surface area contributed by atoms with Crippen LogP contribution in [0.15, 0.2) is 65.8 Å². The smallest absolute Gasteiger partial charge is 0.418 e. The first-order valence-corrected chi connectivity index (χ1v) is 10.6. The van der Waals surface area contributed by atoms with Gasteiger partial charge in [0, 0.05) is 22.8 Å². The van der Waals surface area contributed by atoms with Crippen LogP contribution in [0.5, 0.6) is 0 Å². The minimum atomic E-state index is -4.77. The number of carbonyl (C=O) groups is 2. The number of hydrogen-bond donors (Lipinski definition) is 2. The quantitative estimate of drug-likeness (QED) is 0.372. The molecule has 0 atom stereocenters. The Kier molecular flexibility index (Phi) is 6.77. The van der Waals surface area contributed by atoms with Crippen LogP contribution >= 0.6 is 0 Å². The fraction of sp³-hybridized carbons (Fsp3) is 0.167. The van der Waals surface area contributed by atoms with E-state index in [-0.39, 0.29) is 41.1 Å². The first-order valence-electron chi connectivity index (χ1n) is 10.6. The summed E-state index contributed by atoms with van der Waals surface area (Å²) in [6, 6.07) is 11.7. The summed E-state index contributed by atoms with van der Waals surface area (Å²) in [7, 11) is 0. The van der Waals surface area contributed by atoms with E-state index in [0.717, 1.165) is 17.0 Å². The Morgan fingerprint density at radius 1 is 1.11 bits per heavy atom. The Balaban J connectivity index is 1.64. The third-order valence-electron chi connectivity index (χ3n) is 5.05. The summed E-state index contributed by atoms with van der Waals surface area (Å²) in [5.74, 6) is -0.891. The molecule has 0 aliphatic carbocycles. The number of nitrogens with zero attached hydrogens (tertiary/aromatic N) is 2. The predicted octanol–water partition coefficient (Wildman–Crippen LogP) is 4.66. The van der Waals surface area contributed by atoms with Crippen LogP contribution in [0.1, 0.15) is 28.5 Å². The Bertz CT molecular complexity index is 1480. The molecule has 0 saturated heterocycles. The van der Waals surface area contributed by atoms with Gasteiger partial charge in [-0.2, -0.15) is 13.2 Å². The van der Waals surface area contributed by atoms with Gasteiger partial charge in [-0.15, -0.1) is 0 Å². The Morgan fingerprint density at radius 3 is 2.56 bits per heavy atom. The maximum atomic E-state index is 13.9. The van der Waals surface area contributed by atoms with Crippen molar-refractivity contribution in [2.75, 3.05) is 11.9 Å². The fourth-order valence-electron chi connectivity index (χ4n) is 3.43. The summed E-state index contributed by atoms with van der Waals surface area (Å²) in [6.45, 7) is 1.30. The van der Waals surface area contributed by atoms with Crippen LogP contribution in [-0.2, 0) is 22.3 Å². The molecule has 36 heavy (non-hydrogen) atoms. The predicted molar refractivity (Wildman–Crippen MR) is 123 cm³/mol. The van der Waals surface area contributed by atoms with Gasteiger partial charge < -0.3 is 19.0 Å². The lowest BCUT2D eigenvalue weighted by Crippen LogP contribution is -2.20. The number of hydrogen-bond acceptors (Lipinski definition) is 6. The van der Waals surface area contributed by atoms with Crippen molar-refractivity contribution in [3.63, 3.8) is 0 Å². The van der Waals surface area contributed by atoms with E-state index in [1.807, 2.05) is 0 Å². The van der Waals surface area contributed by atoms with E-state index >= 15 is 0 Å².